The van der Waals surface area contributed by atoms with Crippen molar-refractivity contribution >= 4 is 45.9 Å². The molecular weight excluding hydrogens is 530 g/mol. The summed E-state index contributed by atoms with van der Waals surface area (Å²) in [4.78, 5) is 37.3. The highest BCUT2D eigenvalue weighted by atomic mass is 32.2. The van der Waals surface area contributed by atoms with E-state index >= 15 is 0 Å². The first-order chi connectivity index (χ1) is 19.1. The van der Waals surface area contributed by atoms with Crippen LogP contribution >= 0.6 is 23.1 Å². The minimum absolute atomic E-state index is 0.00434. The molecule has 39 heavy (non-hydrogen) atoms. The molecule has 2 saturated carbocycles. The van der Waals surface area contributed by atoms with Crippen LogP contribution in [0, 0.1) is 0 Å². The number of hydrogen-bond donors (Lipinski definition) is 1. The Balaban J connectivity index is 1.10. The van der Waals surface area contributed by atoms with Crippen molar-refractivity contribution in [2.75, 3.05) is 49.3 Å². The van der Waals surface area contributed by atoms with E-state index in [4.69, 9.17) is 4.74 Å². The second kappa shape index (κ2) is 13.7. The molecule has 212 valence electrons. The van der Waals surface area contributed by atoms with Gasteiger partial charge in [-0.2, -0.15) is 0 Å². The van der Waals surface area contributed by atoms with Crippen molar-refractivity contribution in [2.24, 2.45) is 0 Å². The van der Waals surface area contributed by atoms with Crippen molar-refractivity contribution in [1.82, 2.24) is 14.8 Å². The normalized spacial score (nSPS) is 19.1. The van der Waals surface area contributed by atoms with Crippen molar-refractivity contribution in [3.8, 4) is 5.75 Å². The molecule has 1 aliphatic heterocycles. The van der Waals surface area contributed by atoms with Crippen LogP contribution in [-0.2, 0) is 4.79 Å². The number of rotatable bonds is 8. The molecule has 2 heterocycles. The lowest BCUT2D eigenvalue weighted by Crippen LogP contribution is -2.50. The first kappa shape index (κ1) is 28.1. The zero-order valence-electron chi connectivity index (χ0n) is 23.0. The monoisotopic (exact) mass is 571 g/mol. The van der Waals surface area contributed by atoms with Crippen molar-refractivity contribution in [2.45, 2.75) is 80.5 Å². The fourth-order valence-electron chi connectivity index (χ4n) is 6.13. The highest BCUT2D eigenvalue weighted by Crippen LogP contribution is 2.33. The summed E-state index contributed by atoms with van der Waals surface area (Å²) in [5, 5.41) is 3.73. The van der Waals surface area contributed by atoms with Gasteiger partial charge in [0.2, 0.25) is 5.91 Å². The maximum absolute atomic E-state index is 13.5. The summed E-state index contributed by atoms with van der Waals surface area (Å²) < 4.78 is 6.30. The Hall–Kier alpha value is -2.46. The van der Waals surface area contributed by atoms with Crippen LogP contribution in [0.25, 0.3) is 0 Å². The Morgan fingerprint density at radius 3 is 2.33 bits per heavy atom. The molecule has 0 atom stereocenters. The molecule has 1 saturated heterocycles. The van der Waals surface area contributed by atoms with Crippen molar-refractivity contribution in [1.29, 1.82) is 0 Å². The maximum Gasteiger partial charge on any atom is 0.324 e. The fourth-order valence-corrected chi connectivity index (χ4v) is 7.90. The molecular formula is C29H41N5O3S2. The number of methoxy groups -OCH3 is 1. The highest BCUT2D eigenvalue weighted by Gasteiger charge is 2.33. The van der Waals surface area contributed by atoms with E-state index in [9.17, 15) is 9.59 Å². The Morgan fingerprint density at radius 1 is 1.03 bits per heavy atom. The van der Waals surface area contributed by atoms with Gasteiger partial charge in [-0.1, -0.05) is 55.9 Å². The number of nitrogens with zero attached hydrogens (tertiary/aromatic N) is 4. The number of thiazole rings is 1. The summed E-state index contributed by atoms with van der Waals surface area (Å²) in [5.74, 6) is 1.37. The van der Waals surface area contributed by atoms with Gasteiger partial charge < -0.3 is 19.4 Å². The van der Waals surface area contributed by atoms with Gasteiger partial charge in [0.15, 0.2) is 5.13 Å². The standard InChI is InChI=1S/C29H41N5O3S2/c1-37-25-14-8-13-24(19-25)32-15-17-33(18-16-32)26(35)21-38-27-20-30-28(39-27)31-29(36)34(22-9-4-2-5-10-22)23-11-6-3-7-12-23/h8,13-14,19-20,22-23H,2-7,9-12,15-18,21H2,1H3,(H,30,31,36). The van der Waals surface area contributed by atoms with E-state index in [-0.39, 0.29) is 11.9 Å². The maximum atomic E-state index is 13.5. The molecule has 10 heteroatoms. The predicted octanol–water partition coefficient (Wildman–Crippen LogP) is 6.09. The van der Waals surface area contributed by atoms with Crippen LogP contribution in [0.5, 0.6) is 5.75 Å². The van der Waals surface area contributed by atoms with Gasteiger partial charge in [0.25, 0.3) is 0 Å². The SMILES string of the molecule is COc1cccc(N2CCN(C(=O)CSc3cnc(NC(=O)N(C4CCCCC4)C4CCCCC4)s3)CC2)c1. The molecule has 2 aromatic rings. The first-order valence-electron chi connectivity index (χ1n) is 14.5. The molecule has 3 amide bonds. The second-order valence-corrected chi connectivity index (χ2v) is 13.1. The van der Waals surface area contributed by atoms with Crippen LogP contribution in [0.4, 0.5) is 15.6 Å². The number of benzene rings is 1. The third kappa shape index (κ3) is 7.39. The number of urea groups is 1. The quantitative estimate of drug-likeness (QED) is 0.386. The molecule has 0 spiro atoms. The molecule has 0 bridgehead atoms. The van der Waals surface area contributed by atoms with Crippen LogP contribution in [0.3, 0.4) is 0 Å². The third-order valence-corrected chi connectivity index (χ3v) is 10.3. The molecule has 2 aliphatic carbocycles. The van der Waals surface area contributed by atoms with Crippen molar-refractivity contribution in [3.63, 3.8) is 0 Å². The number of anilines is 2. The fraction of sp³-hybridized carbons (Fsp3) is 0.621. The lowest BCUT2D eigenvalue weighted by Gasteiger charge is -2.41. The minimum Gasteiger partial charge on any atom is -0.497 e. The number of piperazine rings is 1. The van der Waals surface area contributed by atoms with E-state index in [1.54, 1.807) is 13.3 Å². The smallest absolute Gasteiger partial charge is 0.324 e. The lowest BCUT2D eigenvalue weighted by atomic mass is 9.89. The summed E-state index contributed by atoms with van der Waals surface area (Å²) in [7, 11) is 1.68. The lowest BCUT2D eigenvalue weighted by molar-refractivity contribution is -0.128. The van der Waals surface area contributed by atoms with Gasteiger partial charge in [-0.25, -0.2) is 9.78 Å². The summed E-state index contributed by atoms with van der Waals surface area (Å²) in [6.07, 6.45) is 13.6. The summed E-state index contributed by atoms with van der Waals surface area (Å²) >= 11 is 2.97. The Bertz CT molecular complexity index is 1070. The number of carbonyl (C=O) groups is 2. The average molecular weight is 572 g/mol. The number of ether oxygens (including phenoxy) is 1. The summed E-state index contributed by atoms with van der Waals surface area (Å²) in [6, 6.07) is 8.76. The van der Waals surface area contributed by atoms with Gasteiger partial charge in [0.05, 0.1) is 23.3 Å². The minimum atomic E-state index is 0.00434. The molecule has 5 rings (SSSR count). The zero-order valence-corrected chi connectivity index (χ0v) is 24.6. The van der Waals surface area contributed by atoms with E-state index in [1.165, 1.54) is 61.6 Å². The van der Waals surface area contributed by atoms with Crippen LogP contribution in [0.2, 0.25) is 0 Å². The van der Waals surface area contributed by atoms with Gasteiger partial charge in [-0.3, -0.25) is 10.1 Å². The second-order valence-electron chi connectivity index (χ2n) is 10.8. The molecule has 0 radical (unpaired) electrons. The van der Waals surface area contributed by atoms with E-state index in [0.29, 0.717) is 36.1 Å². The Labute approximate surface area is 240 Å². The Morgan fingerprint density at radius 2 is 1.69 bits per heavy atom. The number of hydrogen-bond acceptors (Lipinski definition) is 7. The first-order valence-corrected chi connectivity index (χ1v) is 16.3. The van der Waals surface area contributed by atoms with Gasteiger partial charge in [0, 0.05) is 50.0 Å². The van der Waals surface area contributed by atoms with Gasteiger partial charge in [-0.15, -0.1) is 11.8 Å². The Kier molecular flexibility index (Phi) is 9.90. The van der Waals surface area contributed by atoms with E-state index < -0.39 is 0 Å². The van der Waals surface area contributed by atoms with Gasteiger partial charge in [-0.05, 0) is 37.8 Å². The molecule has 3 aliphatic rings. The topological polar surface area (TPSA) is 78.0 Å². The molecule has 0 unspecified atom stereocenters. The molecule has 3 fully saturated rings. The average Bonchev–Trinajstić information content (AvgIpc) is 3.44. The van der Waals surface area contributed by atoms with Gasteiger partial charge in [0.1, 0.15) is 5.75 Å². The molecule has 1 aromatic heterocycles. The largest absolute Gasteiger partial charge is 0.497 e. The number of nitrogens with one attached hydrogen (secondary N) is 1. The van der Waals surface area contributed by atoms with Crippen LogP contribution < -0.4 is 15.0 Å². The molecule has 1 N–H and O–H groups in total. The highest BCUT2D eigenvalue weighted by molar-refractivity contribution is 8.01. The number of amides is 3. The zero-order chi connectivity index (χ0) is 27.0. The van der Waals surface area contributed by atoms with Crippen LogP contribution in [0.1, 0.15) is 64.2 Å². The van der Waals surface area contributed by atoms with Crippen molar-refractivity contribution in [3.05, 3.63) is 30.5 Å². The third-order valence-electron chi connectivity index (χ3n) is 8.26. The number of carbonyl (C=O) groups excluding carboxylic acids is 2. The summed E-state index contributed by atoms with van der Waals surface area (Å²) in [5.41, 5.74) is 1.13. The van der Waals surface area contributed by atoms with E-state index in [2.05, 4.69) is 26.2 Å². The van der Waals surface area contributed by atoms with Crippen molar-refractivity contribution < 1.29 is 14.3 Å². The van der Waals surface area contributed by atoms with Gasteiger partial charge >= 0.3 is 6.03 Å². The number of aromatic nitrogens is 1. The molecule has 8 nitrogen and oxygen atoms in total. The predicted molar refractivity (Wildman–Crippen MR) is 159 cm³/mol. The van der Waals surface area contributed by atoms with Crippen LogP contribution in [0.15, 0.2) is 34.7 Å². The van der Waals surface area contributed by atoms with Crippen LogP contribution in [-0.4, -0.2) is 77.8 Å². The van der Waals surface area contributed by atoms with E-state index in [1.807, 2.05) is 23.1 Å². The van der Waals surface area contributed by atoms with E-state index in [0.717, 1.165) is 54.4 Å². The molecule has 1 aromatic carbocycles. The number of thioether (sulfide) groups is 1. The summed E-state index contributed by atoms with van der Waals surface area (Å²) in [6.45, 7) is 3.02.